The zero-order chi connectivity index (χ0) is 38.2. The fraction of sp³-hybridized carbons (Fsp3) is 0.761. The Bertz CT molecular complexity index is 952. The first-order valence-corrected chi connectivity index (χ1v) is 21.6. The molecule has 0 bridgehead atoms. The summed E-state index contributed by atoms with van der Waals surface area (Å²) in [5, 5.41) is 2.87. The molecular weight excluding hydrogens is 645 g/mol. The van der Waals surface area contributed by atoms with Gasteiger partial charge < -0.3 is 15.0 Å². The SMILES string of the molecule is CCCC/C=C\C/C=C\CCCCCCCCC(=O)OCC(NC(=O)CCCN(C)C)C(=O)CCCCCCCCC/C=C\C/C=C\CCCCC. The van der Waals surface area contributed by atoms with E-state index in [1.165, 1.54) is 89.9 Å². The number of rotatable bonds is 38. The highest BCUT2D eigenvalue weighted by molar-refractivity contribution is 5.89. The maximum Gasteiger partial charge on any atom is 0.305 e. The number of amides is 1. The summed E-state index contributed by atoms with van der Waals surface area (Å²) in [4.78, 5) is 40.3. The van der Waals surface area contributed by atoms with E-state index >= 15 is 0 Å². The van der Waals surface area contributed by atoms with Gasteiger partial charge in [0, 0.05) is 19.3 Å². The Balaban J connectivity index is 4.21. The van der Waals surface area contributed by atoms with Crippen LogP contribution in [-0.4, -0.2) is 55.8 Å². The third-order valence-corrected chi connectivity index (χ3v) is 9.35. The van der Waals surface area contributed by atoms with Gasteiger partial charge in [0.05, 0.1) is 0 Å². The van der Waals surface area contributed by atoms with Crippen molar-refractivity contribution in [2.45, 2.75) is 200 Å². The van der Waals surface area contributed by atoms with Gasteiger partial charge in [-0.2, -0.15) is 0 Å². The average Bonchev–Trinajstić information content (AvgIpc) is 3.12. The molecule has 0 aromatic heterocycles. The molecule has 52 heavy (non-hydrogen) atoms. The van der Waals surface area contributed by atoms with Gasteiger partial charge in [0.1, 0.15) is 12.6 Å². The average molecular weight is 727 g/mol. The Kier molecular flexibility index (Phi) is 37.8. The number of hydrogen-bond acceptors (Lipinski definition) is 5. The van der Waals surface area contributed by atoms with Crippen molar-refractivity contribution in [2.75, 3.05) is 27.2 Å². The number of Topliss-reactive ketones (excluding diaryl/α,β-unsaturated/α-hetero) is 1. The summed E-state index contributed by atoms with van der Waals surface area (Å²) in [5.74, 6) is -0.465. The summed E-state index contributed by atoms with van der Waals surface area (Å²) in [6.07, 6.45) is 47.7. The molecule has 0 aromatic rings. The monoisotopic (exact) mass is 727 g/mol. The van der Waals surface area contributed by atoms with Crippen LogP contribution in [0.15, 0.2) is 48.6 Å². The van der Waals surface area contributed by atoms with Crippen LogP contribution in [0.3, 0.4) is 0 Å². The third kappa shape index (κ3) is 37.3. The van der Waals surface area contributed by atoms with E-state index in [2.05, 4.69) is 67.8 Å². The van der Waals surface area contributed by atoms with Gasteiger partial charge in [0.25, 0.3) is 0 Å². The zero-order valence-corrected chi connectivity index (χ0v) is 34.5. The minimum atomic E-state index is -0.758. The summed E-state index contributed by atoms with van der Waals surface area (Å²) in [5.41, 5.74) is 0. The van der Waals surface area contributed by atoms with E-state index in [0.717, 1.165) is 77.2 Å². The molecule has 0 saturated heterocycles. The predicted octanol–water partition coefficient (Wildman–Crippen LogP) is 12.3. The predicted molar refractivity (Wildman–Crippen MR) is 224 cm³/mol. The van der Waals surface area contributed by atoms with E-state index in [-0.39, 0.29) is 24.3 Å². The largest absolute Gasteiger partial charge is 0.463 e. The van der Waals surface area contributed by atoms with Gasteiger partial charge in [-0.3, -0.25) is 14.4 Å². The standard InChI is InChI=1S/C46H82N2O4/c1-5-7-9-11-13-15-17-19-21-22-24-25-27-29-31-33-35-38-44(49)43(47-45(50)39-37-41-48(3)4)42-52-46(51)40-36-34-32-30-28-26-23-20-18-16-14-12-10-8-6-2/h12-15,18-21,43H,5-11,16-17,22-42H2,1-4H3,(H,47,50)/b14-12-,15-13-,20-18-,21-19-. The Hall–Kier alpha value is -2.47. The molecule has 0 aliphatic rings. The number of nitrogens with one attached hydrogen (secondary N) is 1. The van der Waals surface area contributed by atoms with Crippen LogP contribution < -0.4 is 5.32 Å². The molecule has 0 aromatic carbocycles. The van der Waals surface area contributed by atoms with E-state index in [1.807, 2.05) is 19.0 Å². The van der Waals surface area contributed by atoms with Crippen molar-refractivity contribution >= 4 is 17.7 Å². The van der Waals surface area contributed by atoms with Gasteiger partial charge in [-0.15, -0.1) is 0 Å². The molecule has 0 aliphatic carbocycles. The number of allylic oxidation sites excluding steroid dienone is 8. The molecule has 1 N–H and O–H groups in total. The summed E-state index contributed by atoms with van der Waals surface area (Å²) < 4.78 is 5.52. The first-order valence-electron chi connectivity index (χ1n) is 21.6. The molecular formula is C46H82N2O4. The normalized spacial score (nSPS) is 12.6. The lowest BCUT2D eigenvalue weighted by Crippen LogP contribution is -2.44. The summed E-state index contributed by atoms with van der Waals surface area (Å²) >= 11 is 0. The van der Waals surface area contributed by atoms with Gasteiger partial charge in [-0.05, 0) is 97.7 Å². The molecule has 6 heteroatoms. The zero-order valence-electron chi connectivity index (χ0n) is 34.5. The van der Waals surface area contributed by atoms with Crippen LogP contribution >= 0.6 is 0 Å². The summed E-state index contributed by atoms with van der Waals surface area (Å²) in [7, 11) is 3.96. The second kappa shape index (κ2) is 39.7. The molecule has 0 saturated carbocycles. The molecule has 1 atom stereocenters. The number of ether oxygens (including phenoxy) is 1. The third-order valence-electron chi connectivity index (χ3n) is 9.35. The van der Waals surface area contributed by atoms with E-state index in [0.29, 0.717) is 19.3 Å². The second-order valence-electron chi connectivity index (χ2n) is 14.8. The van der Waals surface area contributed by atoms with Crippen molar-refractivity contribution in [1.82, 2.24) is 10.2 Å². The Morgan fingerprint density at radius 3 is 1.46 bits per heavy atom. The molecule has 0 spiro atoms. The van der Waals surface area contributed by atoms with Crippen LogP contribution in [0.1, 0.15) is 194 Å². The first-order chi connectivity index (χ1) is 25.4. The van der Waals surface area contributed by atoms with Gasteiger partial charge >= 0.3 is 5.97 Å². The van der Waals surface area contributed by atoms with Crippen molar-refractivity contribution in [3.63, 3.8) is 0 Å². The fourth-order valence-corrected chi connectivity index (χ4v) is 5.99. The van der Waals surface area contributed by atoms with Gasteiger partial charge in [0.15, 0.2) is 5.78 Å². The summed E-state index contributed by atoms with van der Waals surface area (Å²) in [6.45, 7) is 5.21. The maximum atomic E-state index is 13.1. The lowest BCUT2D eigenvalue weighted by atomic mass is 10.0. The van der Waals surface area contributed by atoms with Gasteiger partial charge in [0.2, 0.25) is 5.91 Å². The van der Waals surface area contributed by atoms with Gasteiger partial charge in [-0.1, -0.05) is 146 Å². The van der Waals surface area contributed by atoms with Crippen molar-refractivity contribution in [3.8, 4) is 0 Å². The summed E-state index contributed by atoms with van der Waals surface area (Å²) in [6, 6.07) is -0.758. The number of unbranched alkanes of at least 4 members (excludes halogenated alkanes) is 18. The highest BCUT2D eigenvalue weighted by Crippen LogP contribution is 2.13. The highest BCUT2D eigenvalue weighted by atomic mass is 16.5. The molecule has 300 valence electrons. The molecule has 0 aliphatic heterocycles. The van der Waals surface area contributed by atoms with Crippen LogP contribution in [0.5, 0.6) is 0 Å². The lowest BCUT2D eigenvalue weighted by Gasteiger charge is -2.18. The smallest absolute Gasteiger partial charge is 0.305 e. The lowest BCUT2D eigenvalue weighted by molar-refractivity contribution is -0.146. The fourth-order valence-electron chi connectivity index (χ4n) is 5.99. The van der Waals surface area contributed by atoms with E-state index in [9.17, 15) is 14.4 Å². The first kappa shape index (κ1) is 49.5. The number of carbonyl (C=O) groups excluding carboxylic acids is 3. The molecule has 0 fully saturated rings. The van der Waals surface area contributed by atoms with E-state index in [1.54, 1.807) is 0 Å². The maximum absolute atomic E-state index is 13.1. The van der Waals surface area contributed by atoms with Crippen molar-refractivity contribution in [1.29, 1.82) is 0 Å². The highest BCUT2D eigenvalue weighted by Gasteiger charge is 2.22. The molecule has 1 unspecified atom stereocenters. The van der Waals surface area contributed by atoms with E-state index in [4.69, 9.17) is 4.74 Å². The molecule has 0 heterocycles. The van der Waals surface area contributed by atoms with Gasteiger partial charge in [-0.25, -0.2) is 0 Å². The second-order valence-corrected chi connectivity index (χ2v) is 14.8. The number of ketones is 1. The molecule has 1 amide bonds. The van der Waals surface area contributed by atoms with E-state index < -0.39 is 6.04 Å². The number of carbonyl (C=O) groups is 3. The quantitative estimate of drug-likeness (QED) is 0.0389. The number of esters is 1. The number of nitrogens with zero attached hydrogens (tertiary/aromatic N) is 1. The topological polar surface area (TPSA) is 75.7 Å². The Morgan fingerprint density at radius 1 is 0.519 bits per heavy atom. The van der Waals surface area contributed by atoms with Crippen molar-refractivity contribution < 1.29 is 19.1 Å². The number of hydrogen-bond donors (Lipinski definition) is 1. The minimum Gasteiger partial charge on any atom is -0.463 e. The van der Waals surface area contributed by atoms with Crippen LogP contribution in [0.2, 0.25) is 0 Å². The van der Waals surface area contributed by atoms with Crippen molar-refractivity contribution in [3.05, 3.63) is 48.6 Å². The van der Waals surface area contributed by atoms with Crippen LogP contribution in [0.4, 0.5) is 0 Å². The molecule has 0 rings (SSSR count). The van der Waals surface area contributed by atoms with Crippen LogP contribution in [0, 0.1) is 0 Å². The minimum absolute atomic E-state index is 0.0327. The Labute approximate surface area is 321 Å². The Morgan fingerprint density at radius 2 is 0.962 bits per heavy atom. The molecule has 6 nitrogen and oxygen atoms in total. The van der Waals surface area contributed by atoms with Crippen LogP contribution in [0.25, 0.3) is 0 Å². The molecule has 0 radical (unpaired) electrons. The van der Waals surface area contributed by atoms with Crippen LogP contribution in [-0.2, 0) is 19.1 Å². The van der Waals surface area contributed by atoms with Crippen molar-refractivity contribution in [2.24, 2.45) is 0 Å².